The quantitative estimate of drug-likeness (QED) is 0.741. The Morgan fingerprint density at radius 1 is 1.20 bits per heavy atom. The van der Waals surface area contributed by atoms with Crippen LogP contribution < -0.4 is 0 Å². The second kappa shape index (κ2) is 4.22. The largest absolute Gasteiger partial charge is 0.282 e. The highest BCUT2D eigenvalue weighted by atomic mass is 19.1. The summed E-state index contributed by atoms with van der Waals surface area (Å²) in [5, 5.41) is 21.2. The standard InChI is InChI=1S/C13H11FN6/c14-9-3-1-2-7(4-9)8-5-10-11(6-8)15-16-12(10)13-17-19-20-18-13/h1-4,8H,5-6H2,(H,15,16)(H,17,18,19,20). The van der Waals surface area contributed by atoms with Crippen LogP contribution in [0.4, 0.5) is 4.39 Å². The van der Waals surface area contributed by atoms with E-state index in [9.17, 15) is 4.39 Å². The van der Waals surface area contributed by atoms with Gasteiger partial charge in [0.15, 0.2) is 0 Å². The van der Waals surface area contributed by atoms with E-state index in [1.807, 2.05) is 6.07 Å². The molecule has 0 bridgehead atoms. The molecular weight excluding hydrogens is 259 g/mol. The third-order valence-corrected chi connectivity index (χ3v) is 3.73. The van der Waals surface area contributed by atoms with Crippen LogP contribution in [0.3, 0.4) is 0 Å². The maximum atomic E-state index is 13.3. The van der Waals surface area contributed by atoms with Crippen molar-refractivity contribution in [2.45, 2.75) is 18.8 Å². The van der Waals surface area contributed by atoms with Crippen molar-refractivity contribution in [2.24, 2.45) is 0 Å². The van der Waals surface area contributed by atoms with Crippen molar-refractivity contribution in [1.29, 1.82) is 0 Å². The van der Waals surface area contributed by atoms with Crippen LogP contribution in [0.2, 0.25) is 0 Å². The summed E-state index contributed by atoms with van der Waals surface area (Å²) >= 11 is 0. The molecule has 6 nitrogen and oxygen atoms in total. The molecule has 0 saturated carbocycles. The van der Waals surface area contributed by atoms with Gasteiger partial charge in [-0.15, -0.1) is 10.2 Å². The Hall–Kier alpha value is -2.57. The minimum atomic E-state index is -0.199. The molecule has 4 rings (SSSR count). The number of hydrogen-bond donors (Lipinski definition) is 2. The van der Waals surface area contributed by atoms with Crippen LogP contribution in [0, 0.1) is 5.82 Å². The Kier molecular flexibility index (Phi) is 2.38. The maximum absolute atomic E-state index is 13.3. The monoisotopic (exact) mass is 270 g/mol. The van der Waals surface area contributed by atoms with Crippen molar-refractivity contribution < 1.29 is 4.39 Å². The van der Waals surface area contributed by atoms with Crippen LogP contribution in [0.5, 0.6) is 0 Å². The molecule has 2 heterocycles. The highest BCUT2D eigenvalue weighted by Crippen LogP contribution is 2.36. The maximum Gasteiger partial charge on any atom is 0.225 e. The zero-order valence-corrected chi connectivity index (χ0v) is 10.5. The van der Waals surface area contributed by atoms with Crippen LogP contribution in [-0.4, -0.2) is 30.8 Å². The second-order valence-corrected chi connectivity index (χ2v) is 4.92. The Morgan fingerprint density at radius 3 is 2.95 bits per heavy atom. The molecule has 0 aliphatic heterocycles. The van der Waals surface area contributed by atoms with Crippen molar-refractivity contribution >= 4 is 0 Å². The molecule has 0 fully saturated rings. The number of tetrazole rings is 1. The first-order chi connectivity index (χ1) is 9.81. The Morgan fingerprint density at radius 2 is 2.15 bits per heavy atom. The third kappa shape index (κ3) is 1.70. The summed E-state index contributed by atoms with van der Waals surface area (Å²) < 4.78 is 13.3. The van der Waals surface area contributed by atoms with Crippen molar-refractivity contribution in [3.63, 3.8) is 0 Å². The van der Waals surface area contributed by atoms with Gasteiger partial charge in [0.05, 0.1) is 0 Å². The molecule has 0 amide bonds. The fraction of sp³-hybridized carbons (Fsp3) is 0.231. The third-order valence-electron chi connectivity index (χ3n) is 3.73. The highest BCUT2D eigenvalue weighted by molar-refractivity contribution is 5.57. The Balaban J connectivity index is 1.68. The van der Waals surface area contributed by atoms with Gasteiger partial charge < -0.3 is 0 Å². The molecule has 20 heavy (non-hydrogen) atoms. The molecule has 1 aliphatic carbocycles. The van der Waals surface area contributed by atoms with Gasteiger partial charge in [-0.25, -0.2) is 4.39 Å². The number of fused-ring (bicyclic) bond motifs is 1. The van der Waals surface area contributed by atoms with E-state index in [0.29, 0.717) is 5.82 Å². The van der Waals surface area contributed by atoms with Crippen molar-refractivity contribution in [1.82, 2.24) is 30.8 Å². The van der Waals surface area contributed by atoms with Gasteiger partial charge in [-0.3, -0.25) is 5.10 Å². The molecular formula is C13H11FN6. The highest BCUT2D eigenvalue weighted by Gasteiger charge is 2.29. The van der Waals surface area contributed by atoms with E-state index in [1.54, 1.807) is 12.1 Å². The van der Waals surface area contributed by atoms with Crippen molar-refractivity contribution in [2.75, 3.05) is 0 Å². The van der Waals surface area contributed by atoms with E-state index in [2.05, 4.69) is 30.8 Å². The Labute approximate surface area is 113 Å². The number of halogens is 1. The fourth-order valence-electron chi connectivity index (χ4n) is 2.80. The van der Waals surface area contributed by atoms with E-state index >= 15 is 0 Å². The molecule has 1 aliphatic rings. The van der Waals surface area contributed by atoms with E-state index in [-0.39, 0.29) is 11.7 Å². The molecule has 1 unspecified atom stereocenters. The summed E-state index contributed by atoms with van der Waals surface area (Å²) in [6.07, 6.45) is 1.63. The lowest BCUT2D eigenvalue weighted by Gasteiger charge is -2.09. The van der Waals surface area contributed by atoms with Gasteiger partial charge in [0, 0.05) is 11.3 Å². The number of benzene rings is 1. The van der Waals surface area contributed by atoms with Gasteiger partial charge in [-0.1, -0.05) is 12.1 Å². The first kappa shape index (κ1) is 11.3. The van der Waals surface area contributed by atoms with Crippen LogP contribution >= 0.6 is 0 Å². The van der Waals surface area contributed by atoms with Crippen LogP contribution in [0.15, 0.2) is 24.3 Å². The minimum absolute atomic E-state index is 0.199. The normalized spacial score (nSPS) is 17.4. The average Bonchev–Trinajstić information content (AvgIpc) is 3.14. The smallest absolute Gasteiger partial charge is 0.225 e. The summed E-state index contributed by atoms with van der Waals surface area (Å²) in [6, 6.07) is 6.76. The number of aromatic amines is 2. The fourth-order valence-corrected chi connectivity index (χ4v) is 2.80. The number of hydrogen-bond acceptors (Lipinski definition) is 4. The van der Waals surface area contributed by atoms with Gasteiger partial charge >= 0.3 is 0 Å². The number of nitrogens with zero attached hydrogens (tertiary/aromatic N) is 4. The molecule has 2 N–H and O–H groups in total. The molecule has 3 aromatic rings. The van der Waals surface area contributed by atoms with Crippen LogP contribution in [0.25, 0.3) is 11.5 Å². The predicted octanol–water partition coefficient (Wildman–Crippen LogP) is 1.61. The van der Waals surface area contributed by atoms with Crippen molar-refractivity contribution in [3.8, 4) is 11.5 Å². The number of nitrogens with one attached hydrogen (secondary N) is 2. The SMILES string of the molecule is Fc1cccc(C2Cc3[nH]nc(-c4nn[nH]n4)c3C2)c1. The first-order valence-corrected chi connectivity index (χ1v) is 6.36. The average molecular weight is 270 g/mol. The number of rotatable bonds is 2. The molecule has 100 valence electrons. The molecule has 2 aromatic heterocycles. The summed E-state index contributed by atoms with van der Waals surface area (Å²) in [5.41, 5.74) is 3.90. The molecule has 0 radical (unpaired) electrons. The van der Waals surface area contributed by atoms with Crippen molar-refractivity contribution in [3.05, 3.63) is 46.9 Å². The summed E-state index contributed by atoms with van der Waals surface area (Å²) in [4.78, 5) is 0. The molecule has 1 aromatic carbocycles. The lowest BCUT2D eigenvalue weighted by molar-refractivity contribution is 0.619. The number of H-pyrrole nitrogens is 2. The summed E-state index contributed by atoms with van der Waals surface area (Å²) in [6.45, 7) is 0. The van der Waals surface area contributed by atoms with E-state index in [1.165, 1.54) is 6.07 Å². The van der Waals surface area contributed by atoms with Gasteiger partial charge in [-0.2, -0.15) is 10.3 Å². The molecule has 0 saturated heterocycles. The van der Waals surface area contributed by atoms with Gasteiger partial charge in [0.1, 0.15) is 11.5 Å². The minimum Gasteiger partial charge on any atom is -0.282 e. The zero-order chi connectivity index (χ0) is 13.5. The van der Waals surface area contributed by atoms with Gasteiger partial charge in [0.25, 0.3) is 0 Å². The lowest BCUT2D eigenvalue weighted by atomic mass is 9.96. The predicted molar refractivity (Wildman–Crippen MR) is 68.3 cm³/mol. The summed E-state index contributed by atoms with van der Waals surface area (Å²) in [7, 11) is 0. The van der Waals surface area contributed by atoms with Crippen LogP contribution in [0.1, 0.15) is 22.7 Å². The lowest BCUT2D eigenvalue weighted by Crippen LogP contribution is -2.00. The van der Waals surface area contributed by atoms with Crippen LogP contribution in [-0.2, 0) is 12.8 Å². The van der Waals surface area contributed by atoms with E-state index in [4.69, 9.17) is 0 Å². The molecule has 1 atom stereocenters. The molecule has 0 spiro atoms. The Bertz CT molecular complexity index is 748. The number of aromatic nitrogens is 6. The van der Waals surface area contributed by atoms with E-state index < -0.39 is 0 Å². The second-order valence-electron chi connectivity index (χ2n) is 4.92. The molecule has 7 heteroatoms. The first-order valence-electron chi connectivity index (χ1n) is 6.36. The summed E-state index contributed by atoms with van der Waals surface area (Å²) in [5.74, 6) is 0.553. The zero-order valence-electron chi connectivity index (χ0n) is 10.5. The van der Waals surface area contributed by atoms with Gasteiger partial charge in [0.2, 0.25) is 5.82 Å². The van der Waals surface area contributed by atoms with E-state index in [0.717, 1.165) is 35.4 Å². The topological polar surface area (TPSA) is 83.1 Å². The van der Waals surface area contributed by atoms with Gasteiger partial charge in [-0.05, 0) is 41.7 Å².